The predicted molar refractivity (Wildman–Crippen MR) is 161 cm³/mol. The molecule has 0 aliphatic carbocycles. The van der Waals surface area contributed by atoms with E-state index in [0.717, 1.165) is 28.8 Å². The van der Waals surface area contributed by atoms with Crippen molar-refractivity contribution in [3.05, 3.63) is 138 Å². The third kappa shape index (κ3) is 5.12. The minimum absolute atomic E-state index is 0.0862. The van der Waals surface area contributed by atoms with Gasteiger partial charge < -0.3 is 19.5 Å². The largest absolute Gasteiger partial charge is 0.457 e. The molecule has 5 aromatic rings. The molecule has 0 saturated carbocycles. The molecule has 0 unspecified atom stereocenters. The van der Waals surface area contributed by atoms with Crippen molar-refractivity contribution in [2.24, 2.45) is 0 Å². The lowest BCUT2D eigenvalue weighted by Crippen LogP contribution is -2.29. The summed E-state index contributed by atoms with van der Waals surface area (Å²) in [6.45, 7) is 3.67. The molecule has 3 heterocycles. The highest BCUT2D eigenvalue weighted by Crippen LogP contribution is 2.45. The van der Waals surface area contributed by atoms with Gasteiger partial charge in [0.1, 0.15) is 11.5 Å². The molecule has 0 spiro atoms. The molecule has 0 radical (unpaired) electrons. The number of anilines is 1. The van der Waals surface area contributed by atoms with E-state index in [2.05, 4.69) is 10.3 Å². The van der Waals surface area contributed by atoms with Gasteiger partial charge in [0.2, 0.25) is 0 Å². The van der Waals surface area contributed by atoms with Crippen LogP contribution < -0.4 is 15.0 Å². The number of alkyl halides is 3. The highest BCUT2D eigenvalue weighted by Gasteiger charge is 2.43. The number of aromatic nitrogens is 2. The fourth-order valence-corrected chi connectivity index (χ4v) is 5.96. The minimum Gasteiger partial charge on any atom is -0.457 e. The number of benzene rings is 3. The van der Waals surface area contributed by atoms with E-state index < -0.39 is 11.7 Å². The van der Waals surface area contributed by atoms with E-state index in [1.165, 1.54) is 12.1 Å². The van der Waals surface area contributed by atoms with E-state index >= 15 is 0 Å². The van der Waals surface area contributed by atoms with E-state index in [9.17, 15) is 13.2 Å². The zero-order valence-corrected chi connectivity index (χ0v) is 23.7. The number of rotatable bonds is 6. The number of nitrogens with one attached hydrogen (secondary N) is 1. The number of hydrogen-bond donors (Lipinski definition) is 1. The van der Waals surface area contributed by atoms with Gasteiger partial charge >= 0.3 is 6.18 Å². The van der Waals surface area contributed by atoms with Crippen LogP contribution in [0.3, 0.4) is 0 Å². The number of thiocarbonyl (C=S) groups is 1. The maximum atomic E-state index is 14.0. The van der Waals surface area contributed by atoms with Crippen molar-refractivity contribution in [3.63, 3.8) is 0 Å². The average Bonchev–Trinajstić information content (AvgIpc) is 3.48. The molecule has 212 valence electrons. The topological polar surface area (TPSA) is 42.3 Å². The second-order valence-corrected chi connectivity index (χ2v) is 10.5. The molecule has 3 aromatic carbocycles. The first-order valence-electron chi connectivity index (χ1n) is 13.4. The van der Waals surface area contributed by atoms with Crippen molar-refractivity contribution < 1.29 is 17.9 Å². The summed E-state index contributed by atoms with van der Waals surface area (Å²) in [7, 11) is 0. The summed E-state index contributed by atoms with van der Waals surface area (Å²) in [6, 6.07) is 29.6. The van der Waals surface area contributed by atoms with Crippen LogP contribution in [0.2, 0.25) is 0 Å². The monoisotopic (exact) mass is 584 g/mol. The normalized spacial score (nSPS) is 16.9. The number of hydrogen-bond acceptors (Lipinski definition) is 3. The van der Waals surface area contributed by atoms with Gasteiger partial charge in [-0.15, -0.1) is 0 Å². The smallest absolute Gasteiger partial charge is 0.418 e. The van der Waals surface area contributed by atoms with E-state index in [-0.39, 0.29) is 17.8 Å². The van der Waals surface area contributed by atoms with Crippen molar-refractivity contribution in [1.29, 1.82) is 0 Å². The molecule has 0 bridgehead atoms. The highest BCUT2D eigenvalue weighted by molar-refractivity contribution is 7.80. The number of para-hydroxylation sites is 2. The molecule has 9 heteroatoms. The van der Waals surface area contributed by atoms with Gasteiger partial charge in [-0.05, 0) is 98.4 Å². The fraction of sp³-hybridized carbons (Fsp3) is 0.152. The van der Waals surface area contributed by atoms with Crippen LogP contribution in [0.4, 0.5) is 18.9 Å². The van der Waals surface area contributed by atoms with Crippen LogP contribution in [-0.4, -0.2) is 14.7 Å². The molecule has 1 aliphatic rings. The van der Waals surface area contributed by atoms with Gasteiger partial charge in [-0.2, -0.15) is 13.2 Å². The SMILES string of the molecule is Cc1cc([C@@H]2[C@@H](c3ccccn3)NC(=S)N2c2ccc(Oc3ccccc3)cc2)c(C)n1-c1ccccc1C(F)(F)F. The maximum Gasteiger partial charge on any atom is 0.418 e. The Hall–Kier alpha value is -4.63. The molecule has 6 rings (SSSR count). The fourth-order valence-electron chi connectivity index (χ4n) is 5.61. The van der Waals surface area contributed by atoms with Crippen molar-refractivity contribution >= 4 is 23.0 Å². The van der Waals surface area contributed by atoms with E-state index in [1.807, 2.05) is 97.6 Å². The summed E-state index contributed by atoms with van der Waals surface area (Å²) in [6.07, 6.45) is -2.78. The lowest BCUT2D eigenvalue weighted by molar-refractivity contribution is -0.137. The Morgan fingerprint density at radius 2 is 1.50 bits per heavy atom. The number of nitrogens with zero attached hydrogens (tertiary/aromatic N) is 3. The Morgan fingerprint density at radius 1 is 0.833 bits per heavy atom. The van der Waals surface area contributed by atoms with Crippen LogP contribution in [0.5, 0.6) is 11.5 Å². The van der Waals surface area contributed by atoms with Crippen molar-refractivity contribution in [1.82, 2.24) is 14.9 Å². The first kappa shape index (κ1) is 27.5. The second-order valence-electron chi connectivity index (χ2n) is 10.1. The van der Waals surface area contributed by atoms with Crippen molar-refractivity contribution in [2.75, 3.05) is 4.90 Å². The molecule has 42 heavy (non-hydrogen) atoms. The van der Waals surface area contributed by atoms with Gasteiger partial charge in [0.15, 0.2) is 5.11 Å². The van der Waals surface area contributed by atoms with Crippen molar-refractivity contribution in [3.8, 4) is 17.2 Å². The lowest BCUT2D eigenvalue weighted by Gasteiger charge is -2.28. The van der Waals surface area contributed by atoms with E-state index in [4.69, 9.17) is 17.0 Å². The Balaban J connectivity index is 1.45. The first-order valence-corrected chi connectivity index (χ1v) is 13.8. The third-order valence-electron chi connectivity index (χ3n) is 7.43. The standard InChI is InChI=1S/C33H27F3N4OS/c1-21-20-26(22(2)39(21)29-14-7-6-12-27(29)33(34,35)36)31-30(28-13-8-9-19-37-28)38-32(42)40(31)23-15-17-25(18-16-23)41-24-10-4-3-5-11-24/h3-20,30-31H,1-2H3,(H,38,42)/t30-,31-/m1/s1. The number of aryl methyl sites for hydroxylation is 1. The van der Waals surface area contributed by atoms with Gasteiger partial charge in [-0.1, -0.05) is 36.4 Å². The van der Waals surface area contributed by atoms with Crippen LogP contribution >= 0.6 is 12.2 Å². The van der Waals surface area contributed by atoms with Gasteiger partial charge in [-0.3, -0.25) is 4.98 Å². The second kappa shape index (κ2) is 11.0. The van der Waals surface area contributed by atoms with Crippen LogP contribution in [0.15, 0.2) is 109 Å². The lowest BCUT2D eigenvalue weighted by atomic mass is 9.96. The predicted octanol–water partition coefficient (Wildman–Crippen LogP) is 8.48. The summed E-state index contributed by atoms with van der Waals surface area (Å²) in [5.74, 6) is 1.39. The number of pyridine rings is 1. The van der Waals surface area contributed by atoms with Crippen molar-refractivity contribution in [2.45, 2.75) is 32.1 Å². The Bertz CT molecular complexity index is 1720. The Morgan fingerprint density at radius 3 is 2.19 bits per heavy atom. The van der Waals surface area contributed by atoms with Crippen LogP contribution in [0.1, 0.15) is 40.3 Å². The van der Waals surface area contributed by atoms with Crippen LogP contribution in [-0.2, 0) is 6.18 Å². The van der Waals surface area contributed by atoms with Gasteiger partial charge in [-0.25, -0.2) is 0 Å². The molecule has 1 fully saturated rings. The molecule has 0 amide bonds. The average molecular weight is 585 g/mol. The highest BCUT2D eigenvalue weighted by atomic mass is 32.1. The molecule has 2 aromatic heterocycles. The molecule has 1 saturated heterocycles. The van der Waals surface area contributed by atoms with Gasteiger partial charge in [0, 0.05) is 23.3 Å². The molecular weight excluding hydrogens is 557 g/mol. The van der Waals surface area contributed by atoms with E-state index in [0.29, 0.717) is 22.2 Å². The van der Waals surface area contributed by atoms with Crippen LogP contribution in [0, 0.1) is 13.8 Å². The Labute approximate surface area is 247 Å². The van der Waals surface area contributed by atoms with Gasteiger partial charge in [0.25, 0.3) is 0 Å². The zero-order valence-electron chi connectivity index (χ0n) is 22.8. The summed E-state index contributed by atoms with van der Waals surface area (Å²) in [5.41, 5.74) is 3.21. The molecule has 1 aliphatic heterocycles. The summed E-state index contributed by atoms with van der Waals surface area (Å²) < 4.78 is 49.7. The molecule has 2 atom stereocenters. The Kier molecular flexibility index (Phi) is 7.20. The molecular formula is C33H27F3N4OS. The summed E-state index contributed by atoms with van der Waals surface area (Å²) in [5, 5.41) is 3.92. The van der Waals surface area contributed by atoms with Gasteiger partial charge in [0.05, 0.1) is 29.0 Å². The maximum absolute atomic E-state index is 14.0. The summed E-state index contributed by atoms with van der Waals surface area (Å²) >= 11 is 5.86. The first-order chi connectivity index (χ1) is 20.2. The zero-order chi connectivity index (χ0) is 29.4. The minimum atomic E-state index is -4.50. The molecule has 5 nitrogen and oxygen atoms in total. The van der Waals surface area contributed by atoms with E-state index in [1.54, 1.807) is 16.8 Å². The summed E-state index contributed by atoms with van der Waals surface area (Å²) in [4.78, 5) is 6.60. The third-order valence-corrected chi connectivity index (χ3v) is 7.75. The van der Waals surface area contributed by atoms with Crippen LogP contribution in [0.25, 0.3) is 5.69 Å². The quantitative estimate of drug-likeness (QED) is 0.203. The number of halogens is 3. The molecule has 1 N–H and O–H groups in total. The number of ether oxygens (including phenoxy) is 1.